The molecule has 2 N–H and O–H groups in total. The zero-order valence-electron chi connectivity index (χ0n) is 16.0. The Balaban J connectivity index is 1.41. The standard InChI is InChI=1S/C24H18N4O2/c25-19-5-13-23(14-6-19)29-21-9-1-17(2-10-21)18-3-11-22(12-4-18)30-24-15-7-20(8-16-24)27-28-26/h1-16H,25H2. The summed E-state index contributed by atoms with van der Waals surface area (Å²) in [4.78, 5) is 2.76. The average Bonchev–Trinajstić information content (AvgIpc) is 2.78. The van der Waals surface area contributed by atoms with E-state index in [1.807, 2.05) is 72.8 Å². The Morgan fingerprint density at radius 2 is 0.933 bits per heavy atom. The predicted octanol–water partition coefficient (Wildman–Crippen LogP) is 7.46. The number of azide groups is 1. The molecule has 0 bridgehead atoms. The Morgan fingerprint density at radius 1 is 0.567 bits per heavy atom. The van der Waals surface area contributed by atoms with Crippen molar-refractivity contribution in [3.05, 3.63) is 108 Å². The van der Waals surface area contributed by atoms with E-state index in [2.05, 4.69) is 10.0 Å². The van der Waals surface area contributed by atoms with E-state index in [0.717, 1.165) is 28.4 Å². The second-order valence-corrected chi connectivity index (χ2v) is 6.51. The van der Waals surface area contributed by atoms with Crippen LogP contribution in [0.4, 0.5) is 11.4 Å². The van der Waals surface area contributed by atoms with Gasteiger partial charge < -0.3 is 15.2 Å². The summed E-state index contributed by atoms with van der Waals surface area (Å²) in [6.07, 6.45) is 0. The smallest absolute Gasteiger partial charge is 0.127 e. The lowest BCUT2D eigenvalue weighted by Crippen LogP contribution is -1.87. The number of hydrogen-bond acceptors (Lipinski definition) is 4. The molecule has 0 aliphatic carbocycles. The third-order valence-electron chi connectivity index (χ3n) is 4.39. The first-order chi connectivity index (χ1) is 14.7. The molecule has 0 spiro atoms. The highest BCUT2D eigenvalue weighted by Crippen LogP contribution is 2.29. The number of hydrogen-bond donors (Lipinski definition) is 1. The minimum absolute atomic E-state index is 0.545. The largest absolute Gasteiger partial charge is 0.457 e. The van der Waals surface area contributed by atoms with Crippen molar-refractivity contribution in [2.24, 2.45) is 5.11 Å². The van der Waals surface area contributed by atoms with Gasteiger partial charge in [0.2, 0.25) is 0 Å². The van der Waals surface area contributed by atoms with Crippen LogP contribution in [-0.2, 0) is 0 Å². The van der Waals surface area contributed by atoms with Crippen LogP contribution in [0.5, 0.6) is 23.0 Å². The summed E-state index contributed by atoms with van der Waals surface area (Å²) in [5.74, 6) is 2.89. The Hall–Kier alpha value is -4.41. The van der Waals surface area contributed by atoms with Gasteiger partial charge in [-0.1, -0.05) is 29.4 Å². The fraction of sp³-hybridized carbons (Fsp3) is 0. The van der Waals surface area contributed by atoms with Crippen LogP contribution in [0.2, 0.25) is 0 Å². The van der Waals surface area contributed by atoms with Crippen molar-refractivity contribution in [2.75, 3.05) is 5.73 Å². The van der Waals surface area contributed by atoms with Crippen molar-refractivity contribution < 1.29 is 9.47 Å². The highest BCUT2D eigenvalue weighted by Gasteiger charge is 2.03. The molecule has 4 aromatic rings. The van der Waals surface area contributed by atoms with Gasteiger partial charge in [-0.05, 0) is 89.5 Å². The van der Waals surface area contributed by atoms with Gasteiger partial charge in [0.15, 0.2) is 0 Å². The summed E-state index contributed by atoms with van der Waals surface area (Å²) in [5, 5.41) is 3.54. The van der Waals surface area contributed by atoms with E-state index < -0.39 is 0 Å². The SMILES string of the molecule is [N-]=[N+]=Nc1ccc(Oc2ccc(-c3ccc(Oc4ccc(N)cc4)cc3)cc2)cc1. The molecule has 4 aromatic carbocycles. The minimum Gasteiger partial charge on any atom is -0.457 e. The van der Waals surface area contributed by atoms with E-state index >= 15 is 0 Å². The van der Waals surface area contributed by atoms with E-state index in [1.54, 1.807) is 24.3 Å². The van der Waals surface area contributed by atoms with Crippen LogP contribution in [0.3, 0.4) is 0 Å². The van der Waals surface area contributed by atoms with Gasteiger partial charge in [-0.15, -0.1) is 0 Å². The highest BCUT2D eigenvalue weighted by molar-refractivity contribution is 5.65. The van der Waals surface area contributed by atoms with Crippen LogP contribution in [0.15, 0.2) is 102 Å². The Morgan fingerprint density at radius 3 is 1.33 bits per heavy atom. The molecule has 0 aliphatic rings. The number of benzene rings is 4. The first-order valence-corrected chi connectivity index (χ1v) is 9.26. The van der Waals surface area contributed by atoms with E-state index in [9.17, 15) is 0 Å². The summed E-state index contributed by atoms with van der Waals surface area (Å²) in [5.41, 5.74) is 17.5. The maximum absolute atomic E-state index is 8.45. The molecule has 0 aromatic heterocycles. The van der Waals surface area contributed by atoms with Crippen molar-refractivity contribution in [3.63, 3.8) is 0 Å². The van der Waals surface area contributed by atoms with Gasteiger partial charge in [0.1, 0.15) is 23.0 Å². The molecule has 0 heterocycles. The second-order valence-electron chi connectivity index (χ2n) is 6.51. The maximum Gasteiger partial charge on any atom is 0.127 e. The summed E-state index contributed by atoms with van der Waals surface area (Å²) in [7, 11) is 0. The fourth-order valence-electron chi connectivity index (χ4n) is 2.87. The van der Waals surface area contributed by atoms with Crippen molar-refractivity contribution in [1.29, 1.82) is 0 Å². The molecule has 0 aliphatic heterocycles. The topological polar surface area (TPSA) is 93.2 Å². The van der Waals surface area contributed by atoms with Gasteiger partial charge in [-0.25, -0.2) is 0 Å². The number of nitrogens with two attached hydrogens (primary N) is 1. The number of anilines is 1. The van der Waals surface area contributed by atoms with Crippen molar-refractivity contribution >= 4 is 11.4 Å². The third kappa shape index (κ3) is 4.70. The van der Waals surface area contributed by atoms with E-state index in [-0.39, 0.29) is 0 Å². The van der Waals surface area contributed by atoms with Crippen LogP contribution in [0.25, 0.3) is 21.6 Å². The zero-order valence-corrected chi connectivity index (χ0v) is 16.0. The molecule has 6 heteroatoms. The first-order valence-electron chi connectivity index (χ1n) is 9.26. The van der Waals surface area contributed by atoms with E-state index in [1.165, 1.54) is 0 Å². The van der Waals surface area contributed by atoms with Gasteiger partial charge in [0, 0.05) is 16.3 Å². The molecular formula is C24H18N4O2. The normalized spacial score (nSPS) is 10.1. The zero-order chi connectivity index (χ0) is 20.8. The van der Waals surface area contributed by atoms with Crippen LogP contribution >= 0.6 is 0 Å². The van der Waals surface area contributed by atoms with Gasteiger partial charge in [-0.3, -0.25) is 0 Å². The molecule has 30 heavy (non-hydrogen) atoms. The third-order valence-corrected chi connectivity index (χ3v) is 4.39. The van der Waals surface area contributed by atoms with Gasteiger partial charge in [0.25, 0.3) is 0 Å². The Labute approximate surface area is 173 Å². The average molecular weight is 394 g/mol. The number of nitrogens with zero attached hydrogens (tertiary/aromatic N) is 3. The molecule has 146 valence electrons. The molecule has 6 nitrogen and oxygen atoms in total. The predicted molar refractivity (Wildman–Crippen MR) is 118 cm³/mol. The number of rotatable bonds is 6. The highest BCUT2D eigenvalue weighted by atomic mass is 16.5. The lowest BCUT2D eigenvalue weighted by molar-refractivity contribution is 0.482. The van der Waals surface area contributed by atoms with E-state index in [4.69, 9.17) is 20.7 Å². The van der Waals surface area contributed by atoms with Gasteiger partial charge in [0.05, 0.1) is 0 Å². The summed E-state index contributed by atoms with van der Waals surface area (Å²) >= 11 is 0. The lowest BCUT2D eigenvalue weighted by atomic mass is 10.1. The minimum atomic E-state index is 0.545. The van der Waals surface area contributed by atoms with Crippen LogP contribution in [0.1, 0.15) is 0 Å². The Bertz CT molecular complexity index is 1160. The van der Waals surface area contributed by atoms with E-state index in [0.29, 0.717) is 17.1 Å². The lowest BCUT2D eigenvalue weighted by Gasteiger charge is -2.09. The monoisotopic (exact) mass is 394 g/mol. The molecule has 0 radical (unpaired) electrons. The van der Waals surface area contributed by atoms with Gasteiger partial charge in [-0.2, -0.15) is 0 Å². The summed E-state index contributed by atoms with van der Waals surface area (Å²) in [6, 6.07) is 29.9. The molecule has 0 atom stereocenters. The molecule has 0 amide bonds. The molecule has 0 unspecified atom stereocenters. The fourth-order valence-corrected chi connectivity index (χ4v) is 2.87. The van der Waals surface area contributed by atoms with Crippen molar-refractivity contribution in [3.8, 4) is 34.1 Å². The number of ether oxygens (including phenoxy) is 2. The second kappa shape index (κ2) is 8.73. The maximum atomic E-state index is 8.45. The Kier molecular flexibility index (Phi) is 5.51. The van der Waals surface area contributed by atoms with Crippen LogP contribution < -0.4 is 15.2 Å². The van der Waals surface area contributed by atoms with Gasteiger partial charge >= 0.3 is 0 Å². The molecule has 0 saturated carbocycles. The molecule has 0 fully saturated rings. The number of nitrogen functional groups attached to an aromatic ring is 1. The van der Waals surface area contributed by atoms with Crippen molar-refractivity contribution in [2.45, 2.75) is 0 Å². The quantitative estimate of drug-likeness (QED) is 0.159. The van der Waals surface area contributed by atoms with Crippen LogP contribution in [0, 0.1) is 0 Å². The molecular weight excluding hydrogens is 376 g/mol. The molecule has 0 saturated heterocycles. The van der Waals surface area contributed by atoms with Crippen LogP contribution in [-0.4, -0.2) is 0 Å². The summed E-state index contributed by atoms with van der Waals surface area (Å²) < 4.78 is 11.7. The first kappa shape index (κ1) is 18.9. The summed E-state index contributed by atoms with van der Waals surface area (Å²) in [6.45, 7) is 0. The van der Waals surface area contributed by atoms with Crippen molar-refractivity contribution in [1.82, 2.24) is 0 Å². The molecule has 4 rings (SSSR count).